The maximum Gasteiger partial charge on any atom is 0.250 e. The molecule has 4 aromatic rings. The van der Waals surface area contributed by atoms with Gasteiger partial charge < -0.3 is 15.5 Å². The number of nitrogens with one attached hydrogen (secondary N) is 1. The third-order valence-corrected chi connectivity index (χ3v) is 4.61. The highest BCUT2D eigenvalue weighted by Gasteiger charge is 2.15. The van der Waals surface area contributed by atoms with Crippen molar-refractivity contribution in [2.45, 2.75) is 6.92 Å². The number of aromatic amines is 1. The molecule has 0 saturated heterocycles. The number of aromatic nitrogens is 1. The third kappa shape index (κ3) is 2.49. The van der Waals surface area contributed by atoms with Gasteiger partial charge in [-0.15, -0.1) is 0 Å². The summed E-state index contributed by atoms with van der Waals surface area (Å²) in [6.45, 7) is 2.01. The van der Waals surface area contributed by atoms with Crippen LogP contribution < -0.4 is 10.5 Å². The topological polar surface area (TPSA) is 68.1 Å². The molecule has 1 amide bonds. The second-order valence-corrected chi connectivity index (χ2v) is 6.33. The summed E-state index contributed by atoms with van der Waals surface area (Å²) in [5.41, 5.74) is 10.1. The number of ether oxygens (including phenoxy) is 1. The number of primary amides is 1. The number of amides is 1. The maximum atomic E-state index is 14.1. The molecule has 3 N–H and O–H groups in total. The molecule has 26 heavy (non-hydrogen) atoms. The minimum Gasteiger partial charge on any atom is -0.494 e. The predicted octanol–water partition coefficient (Wildman–Crippen LogP) is 4.54. The summed E-state index contributed by atoms with van der Waals surface area (Å²) in [6, 6.07) is 14.4. The van der Waals surface area contributed by atoms with Crippen molar-refractivity contribution in [1.29, 1.82) is 0 Å². The van der Waals surface area contributed by atoms with E-state index in [1.54, 1.807) is 18.2 Å². The normalized spacial score (nSPS) is 11.2. The van der Waals surface area contributed by atoms with E-state index in [2.05, 4.69) is 4.98 Å². The second-order valence-electron chi connectivity index (χ2n) is 6.33. The first-order valence-electron chi connectivity index (χ1n) is 8.17. The molecule has 0 aliphatic rings. The number of hydrogen-bond donors (Lipinski definition) is 2. The lowest BCUT2D eigenvalue weighted by Crippen LogP contribution is -2.11. The molecular formula is C21H17FN2O2. The molecule has 0 unspecified atom stereocenters. The highest BCUT2D eigenvalue weighted by molar-refractivity contribution is 6.16. The van der Waals surface area contributed by atoms with Crippen molar-refractivity contribution < 1.29 is 13.9 Å². The Hall–Kier alpha value is -3.34. The van der Waals surface area contributed by atoms with Crippen LogP contribution >= 0.6 is 0 Å². The molecule has 3 aromatic carbocycles. The van der Waals surface area contributed by atoms with Crippen LogP contribution in [0.5, 0.6) is 5.75 Å². The van der Waals surface area contributed by atoms with E-state index in [1.165, 1.54) is 13.2 Å². The summed E-state index contributed by atoms with van der Waals surface area (Å²) in [4.78, 5) is 15.3. The first-order valence-corrected chi connectivity index (χ1v) is 8.17. The van der Waals surface area contributed by atoms with Gasteiger partial charge in [0.05, 0.1) is 18.2 Å². The van der Waals surface area contributed by atoms with E-state index in [0.29, 0.717) is 22.2 Å². The fourth-order valence-electron chi connectivity index (χ4n) is 3.33. The number of carbonyl (C=O) groups is 1. The zero-order valence-electron chi connectivity index (χ0n) is 14.4. The fraction of sp³-hybridized carbons (Fsp3) is 0.0952. The van der Waals surface area contributed by atoms with Crippen molar-refractivity contribution in [3.8, 4) is 16.9 Å². The Labute approximate surface area is 149 Å². The van der Waals surface area contributed by atoms with Crippen molar-refractivity contribution in [1.82, 2.24) is 4.98 Å². The Morgan fingerprint density at radius 1 is 1.04 bits per heavy atom. The first kappa shape index (κ1) is 16.1. The fourth-order valence-corrected chi connectivity index (χ4v) is 3.33. The molecule has 0 atom stereocenters. The number of methoxy groups -OCH3 is 1. The van der Waals surface area contributed by atoms with Crippen molar-refractivity contribution in [3.63, 3.8) is 0 Å². The molecule has 0 aliphatic heterocycles. The third-order valence-electron chi connectivity index (χ3n) is 4.61. The molecule has 0 aliphatic carbocycles. The van der Waals surface area contributed by atoms with Gasteiger partial charge in [-0.1, -0.05) is 18.2 Å². The summed E-state index contributed by atoms with van der Waals surface area (Å²) in [6.07, 6.45) is 0. The van der Waals surface area contributed by atoms with Crippen molar-refractivity contribution in [3.05, 3.63) is 65.5 Å². The van der Waals surface area contributed by atoms with E-state index in [1.807, 2.05) is 31.2 Å². The molecule has 4 nitrogen and oxygen atoms in total. The van der Waals surface area contributed by atoms with Crippen LogP contribution in [0.3, 0.4) is 0 Å². The Balaban J connectivity index is 2.03. The quantitative estimate of drug-likeness (QED) is 0.570. The average molecular weight is 348 g/mol. The van der Waals surface area contributed by atoms with E-state index in [-0.39, 0.29) is 5.75 Å². The average Bonchev–Trinajstić information content (AvgIpc) is 2.97. The number of H-pyrrole nitrogens is 1. The molecule has 0 fully saturated rings. The van der Waals surface area contributed by atoms with Crippen LogP contribution in [0.2, 0.25) is 0 Å². The maximum absolute atomic E-state index is 14.1. The zero-order chi connectivity index (χ0) is 18.4. The SMILES string of the molecule is COc1ccc(-c2cc(C(N)=O)c3[nH]c4cc(C)ccc4c3c2)cc1F. The molecule has 5 heteroatoms. The molecule has 0 spiro atoms. The van der Waals surface area contributed by atoms with Gasteiger partial charge in [-0.05, 0) is 53.9 Å². The highest BCUT2D eigenvalue weighted by Crippen LogP contribution is 2.34. The molecule has 0 radical (unpaired) electrons. The Morgan fingerprint density at radius 3 is 2.54 bits per heavy atom. The minimum atomic E-state index is -0.533. The number of carbonyl (C=O) groups excluding carboxylic acids is 1. The van der Waals surface area contributed by atoms with E-state index in [9.17, 15) is 9.18 Å². The summed E-state index contributed by atoms with van der Waals surface area (Å²) in [5.74, 6) is -0.818. The molecule has 1 heterocycles. The van der Waals surface area contributed by atoms with Gasteiger partial charge in [0.25, 0.3) is 5.91 Å². The van der Waals surface area contributed by atoms with E-state index in [0.717, 1.165) is 21.9 Å². The Kier molecular flexibility index (Phi) is 3.65. The van der Waals surface area contributed by atoms with Crippen LogP contribution in [0, 0.1) is 12.7 Å². The summed E-state index contributed by atoms with van der Waals surface area (Å²) in [5, 5.41) is 1.87. The number of nitrogens with two attached hydrogens (primary N) is 1. The van der Waals surface area contributed by atoms with Crippen molar-refractivity contribution in [2.75, 3.05) is 7.11 Å². The summed E-state index contributed by atoms with van der Waals surface area (Å²) in [7, 11) is 1.42. The first-order chi connectivity index (χ1) is 12.5. The lowest BCUT2D eigenvalue weighted by Gasteiger charge is -2.08. The van der Waals surface area contributed by atoms with Gasteiger partial charge in [-0.25, -0.2) is 4.39 Å². The van der Waals surface area contributed by atoms with Gasteiger partial charge in [0.1, 0.15) is 0 Å². The molecular weight excluding hydrogens is 331 g/mol. The van der Waals surface area contributed by atoms with E-state index in [4.69, 9.17) is 10.5 Å². The van der Waals surface area contributed by atoms with Gasteiger partial charge in [-0.3, -0.25) is 4.79 Å². The van der Waals surface area contributed by atoms with Crippen molar-refractivity contribution >= 4 is 27.7 Å². The van der Waals surface area contributed by atoms with Gasteiger partial charge in [0.15, 0.2) is 11.6 Å². The van der Waals surface area contributed by atoms with Gasteiger partial charge >= 0.3 is 0 Å². The predicted molar refractivity (Wildman–Crippen MR) is 101 cm³/mol. The zero-order valence-corrected chi connectivity index (χ0v) is 14.4. The Bertz CT molecular complexity index is 1180. The highest BCUT2D eigenvalue weighted by atomic mass is 19.1. The standard InChI is InChI=1S/C21H17FN2O2/c1-11-3-5-14-15-8-13(12-4-6-19(26-2)17(22)10-12)9-16(21(23)25)20(15)24-18(14)7-11/h3-10,24H,1-2H3,(H2,23,25). The van der Waals surface area contributed by atoms with Crippen LogP contribution in [0.4, 0.5) is 4.39 Å². The minimum absolute atomic E-state index is 0.174. The number of benzene rings is 3. The van der Waals surface area contributed by atoms with Gasteiger partial charge in [0.2, 0.25) is 0 Å². The number of rotatable bonds is 3. The van der Waals surface area contributed by atoms with Crippen LogP contribution in [0.1, 0.15) is 15.9 Å². The largest absolute Gasteiger partial charge is 0.494 e. The summed E-state index contributed by atoms with van der Waals surface area (Å²) >= 11 is 0. The van der Waals surface area contributed by atoms with Crippen LogP contribution in [-0.2, 0) is 0 Å². The Morgan fingerprint density at radius 2 is 1.85 bits per heavy atom. The number of hydrogen-bond acceptors (Lipinski definition) is 2. The smallest absolute Gasteiger partial charge is 0.250 e. The van der Waals surface area contributed by atoms with E-state index >= 15 is 0 Å². The van der Waals surface area contributed by atoms with Gasteiger partial charge in [-0.2, -0.15) is 0 Å². The lowest BCUT2D eigenvalue weighted by molar-refractivity contribution is 0.100. The summed E-state index contributed by atoms with van der Waals surface area (Å²) < 4.78 is 19.1. The molecule has 130 valence electrons. The molecule has 0 bridgehead atoms. The lowest BCUT2D eigenvalue weighted by atomic mass is 9.98. The van der Waals surface area contributed by atoms with Gasteiger partial charge in [0, 0.05) is 16.3 Å². The molecule has 0 saturated carbocycles. The van der Waals surface area contributed by atoms with Crippen LogP contribution in [-0.4, -0.2) is 18.0 Å². The van der Waals surface area contributed by atoms with Crippen LogP contribution in [0.15, 0.2) is 48.5 Å². The van der Waals surface area contributed by atoms with Crippen LogP contribution in [0.25, 0.3) is 32.9 Å². The number of fused-ring (bicyclic) bond motifs is 3. The number of halogens is 1. The van der Waals surface area contributed by atoms with E-state index < -0.39 is 11.7 Å². The molecule has 4 rings (SSSR count). The number of aryl methyl sites for hydroxylation is 1. The molecule has 1 aromatic heterocycles. The second kappa shape index (κ2) is 5.88. The van der Waals surface area contributed by atoms with Crippen molar-refractivity contribution in [2.24, 2.45) is 5.73 Å². The monoisotopic (exact) mass is 348 g/mol.